The minimum absolute atomic E-state index is 0.494. The lowest BCUT2D eigenvalue weighted by Crippen LogP contribution is -2.44. The summed E-state index contributed by atoms with van der Waals surface area (Å²) in [5, 5.41) is 9.50. The monoisotopic (exact) mass is 276 g/mol. The zero-order valence-corrected chi connectivity index (χ0v) is 12.4. The molecule has 1 aromatic rings. The molecule has 1 saturated heterocycles. The highest BCUT2D eigenvalue weighted by Gasteiger charge is 2.40. The quantitative estimate of drug-likeness (QED) is 0.898. The molecule has 0 saturated carbocycles. The first-order valence-electron chi connectivity index (χ1n) is 7.43. The molecule has 0 bridgehead atoms. The van der Waals surface area contributed by atoms with E-state index in [2.05, 4.69) is 28.9 Å². The van der Waals surface area contributed by atoms with Gasteiger partial charge in [0.15, 0.2) is 0 Å². The minimum atomic E-state index is -0.618. The molecule has 1 N–H and O–H groups in total. The number of hydrogen-bond donors (Lipinski definition) is 1. The molecule has 0 aromatic carbocycles. The molecular formula is C16H24N2O2. The Morgan fingerprint density at radius 3 is 2.60 bits per heavy atom. The van der Waals surface area contributed by atoms with Gasteiger partial charge in [-0.15, -0.1) is 0 Å². The molecule has 2 rings (SSSR count). The van der Waals surface area contributed by atoms with Gasteiger partial charge in [0.2, 0.25) is 0 Å². The van der Waals surface area contributed by atoms with Crippen LogP contribution in [0.3, 0.4) is 0 Å². The average Bonchev–Trinajstić information content (AvgIpc) is 2.44. The fourth-order valence-electron chi connectivity index (χ4n) is 3.01. The molecule has 1 aliphatic rings. The van der Waals surface area contributed by atoms with Gasteiger partial charge in [-0.05, 0) is 50.9 Å². The highest BCUT2D eigenvalue weighted by molar-refractivity contribution is 5.74. The van der Waals surface area contributed by atoms with Crippen molar-refractivity contribution in [2.24, 2.45) is 5.41 Å². The highest BCUT2D eigenvalue weighted by Crippen LogP contribution is 2.36. The number of aliphatic carboxylic acids is 1. The van der Waals surface area contributed by atoms with Crippen LogP contribution in [0.2, 0.25) is 0 Å². The van der Waals surface area contributed by atoms with Gasteiger partial charge in [-0.1, -0.05) is 19.4 Å². The first-order valence-corrected chi connectivity index (χ1v) is 7.43. The van der Waals surface area contributed by atoms with Crippen LogP contribution in [0.4, 0.5) is 0 Å². The second-order valence-electron chi connectivity index (χ2n) is 5.94. The molecule has 1 aromatic heterocycles. The van der Waals surface area contributed by atoms with Crippen LogP contribution in [0.5, 0.6) is 0 Å². The van der Waals surface area contributed by atoms with E-state index < -0.39 is 11.4 Å². The van der Waals surface area contributed by atoms with Crippen molar-refractivity contribution in [2.45, 2.75) is 46.1 Å². The van der Waals surface area contributed by atoms with E-state index in [0.29, 0.717) is 0 Å². The lowest BCUT2D eigenvalue weighted by Gasteiger charge is -2.38. The SMILES string of the molecule is CCCC1(C(=O)O)CCN(Cc2ccc(C)cn2)CC1. The molecule has 110 valence electrons. The van der Waals surface area contributed by atoms with E-state index >= 15 is 0 Å². The van der Waals surface area contributed by atoms with Gasteiger partial charge in [0, 0.05) is 12.7 Å². The normalized spacial score (nSPS) is 18.9. The predicted octanol–water partition coefficient (Wildman–Crippen LogP) is 2.86. The summed E-state index contributed by atoms with van der Waals surface area (Å²) in [4.78, 5) is 18.3. The summed E-state index contributed by atoms with van der Waals surface area (Å²) >= 11 is 0. The molecule has 1 aliphatic heterocycles. The molecule has 0 spiro atoms. The van der Waals surface area contributed by atoms with Crippen LogP contribution in [0.1, 0.15) is 43.9 Å². The van der Waals surface area contributed by atoms with Gasteiger partial charge in [-0.25, -0.2) is 0 Å². The summed E-state index contributed by atoms with van der Waals surface area (Å²) in [7, 11) is 0. The van der Waals surface area contributed by atoms with Gasteiger partial charge in [0.05, 0.1) is 11.1 Å². The second kappa shape index (κ2) is 6.35. The topological polar surface area (TPSA) is 53.4 Å². The average molecular weight is 276 g/mol. The van der Waals surface area contributed by atoms with Gasteiger partial charge >= 0.3 is 5.97 Å². The van der Waals surface area contributed by atoms with E-state index in [4.69, 9.17) is 0 Å². The summed E-state index contributed by atoms with van der Waals surface area (Å²) < 4.78 is 0. The molecule has 0 amide bonds. The Hall–Kier alpha value is -1.42. The third-order valence-corrected chi connectivity index (χ3v) is 4.35. The molecule has 2 heterocycles. The van der Waals surface area contributed by atoms with Crippen LogP contribution in [-0.4, -0.2) is 34.0 Å². The van der Waals surface area contributed by atoms with Crippen molar-refractivity contribution < 1.29 is 9.90 Å². The number of carbonyl (C=O) groups is 1. The van der Waals surface area contributed by atoms with E-state index in [1.165, 1.54) is 5.56 Å². The van der Waals surface area contributed by atoms with Gasteiger partial charge in [0.25, 0.3) is 0 Å². The molecule has 4 nitrogen and oxygen atoms in total. The maximum atomic E-state index is 11.5. The van der Waals surface area contributed by atoms with E-state index in [1.807, 2.05) is 13.1 Å². The maximum Gasteiger partial charge on any atom is 0.309 e. The maximum absolute atomic E-state index is 11.5. The van der Waals surface area contributed by atoms with Crippen molar-refractivity contribution in [3.63, 3.8) is 0 Å². The van der Waals surface area contributed by atoms with Crippen LogP contribution in [-0.2, 0) is 11.3 Å². The van der Waals surface area contributed by atoms with Crippen molar-refractivity contribution >= 4 is 5.97 Å². The number of likely N-dealkylation sites (tertiary alicyclic amines) is 1. The zero-order valence-electron chi connectivity index (χ0n) is 12.4. The van der Waals surface area contributed by atoms with Crippen LogP contribution in [0.25, 0.3) is 0 Å². The predicted molar refractivity (Wildman–Crippen MR) is 78.5 cm³/mol. The number of hydrogen-bond acceptors (Lipinski definition) is 3. The van der Waals surface area contributed by atoms with Crippen LogP contribution in [0, 0.1) is 12.3 Å². The summed E-state index contributed by atoms with van der Waals surface area (Å²) in [5.41, 5.74) is 1.74. The lowest BCUT2D eigenvalue weighted by atomic mass is 9.75. The molecule has 4 heteroatoms. The molecule has 20 heavy (non-hydrogen) atoms. The first kappa shape index (κ1) is 15.0. The van der Waals surface area contributed by atoms with Gasteiger partial charge in [0.1, 0.15) is 0 Å². The Labute approximate surface area is 120 Å². The van der Waals surface area contributed by atoms with Gasteiger partial charge < -0.3 is 5.11 Å². The molecule has 0 radical (unpaired) electrons. The zero-order chi connectivity index (χ0) is 14.6. The summed E-state index contributed by atoms with van der Waals surface area (Å²) in [5.74, 6) is -0.618. The first-order chi connectivity index (χ1) is 9.55. The van der Waals surface area contributed by atoms with Crippen LogP contribution >= 0.6 is 0 Å². The van der Waals surface area contributed by atoms with Crippen molar-refractivity contribution in [3.8, 4) is 0 Å². The van der Waals surface area contributed by atoms with E-state index in [9.17, 15) is 9.90 Å². The molecule has 0 aliphatic carbocycles. The van der Waals surface area contributed by atoms with Crippen molar-refractivity contribution in [3.05, 3.63) is 29.6 Å². The van der Waals surface area contributed by atoms with E-state index in [1.54, 1.807) is 0 Å². The van der Waals surface area contributed by atoms with Crippen molar-refractivity contribution in [1.82, 2.24) is 9.88 Å². The Bertz CT molecular complexity index is 448. The summed E-state index contributed by atoms with van der Waals surface area (Å²) in [6.45, 7) is 6.61. The largest absolute Gasteiger partial charge is 0.481 e. The lowest BCUT2D eigenvalue weighted by molar-refractivity contribution is -0.152. The number of pyridine rings is 1. The highest BCUT2D eigenvalue weighted by atomic mass is 16.4. The molecule has 0 atom stereocenters. The van der Waals surface area contributed by atoms with Crippen molar-refractivity contribution in [1.29, 1.82) is 0 Å². The third kappa shape index (κ3) is 3.37. The van der Waals surface area contributed by atoms with E-state index in [-0.39, 0.29) is 0 Å². The summed E-state index contributed by atoms with van der Waals surface area (Å²) in [6, 6.07) is 4.13. The van der Waals surface area contributed by atoms with E-state index in [0.717, 1.165) is 51.0 Å². The van der Waals surface area contributed by atoms with Crippen LogP contribution in [0.15, 0.2) is 18.3 Å². The molecular weight excluding hydrogens is 252 g/mol. The number of piperidine rings is 1. The number of carboxylic acid groups (broad SMARTS) is 1. The number of rotatable bonds is 5. The number of carboxylic acids is 1. The smallest absolute Gasteiger partial charge is 0.309 e. The number of nitrogens with zero attached hydrogens (tertiary/aromatic N) is 2. The summed E-state index contributed by atoms with van der Waals surface area (Å²) in [6.07, 6.45) is 5.12. The van der Waals surface area contributed by atoms with Gasteiger partial charge in [-0.2, -0.15) is 0 Å². The fraction of sp³-hybridized carbons (Fsp3) is 0.625. The standard InChI is InChI=1S/C16H24N2O2/c1-3-6-16(15(19)20)7-9-18(10-8-16)12-14-5-4-13(2)11-17-14/h4-5,11H,3,6-10,12H2,1-2H3,(H,19,20). The van der Waals surface area contributed by atoms with Gasteiger partial charge in [-0.3, -0.25) is 14.7 Å². The Morgan fingerprint density at radius 2 is 2.10 bits per heavy atom. The van der Waals surface area contributed by atoms with Crippen LogP contribution < -0.4 is 0 Å². The fourth-order valence-corrected chi connectivity index (χ4v) is 3.01. The Balaban J connectivity index is 1.93. The molecule has 0 unspecified atom stereocenters. The Kier molecular flexibility index (Phi) is 4.76. The number of aromatic nitrogens is 1. The number of aryl methyl sites for hydroxylation is 1. The Morgan fingerprint density at radius 1 is 1.40 bits per heavy atom. The minimum Gasteiger partial charge on any atom is -0.481 e. The third-order valence-electron chi connectivity index (χ3n) is 4.35. The molecule has 1 fully saturated rings. The van der Waals surface area contributed by atoms with Crippen molar-refractivity contribution in [2.75, 3.05) is 13.1 Å². The second-order valence-corrected chi connectivity index (χ2v) is 5.94.